The highest BCUT2D eigenvalue weighted by molar-refractivity contribution is 7.92. The topological polar surface area (TPSA) is 75.7 Å². The van der Waals surface area contributed by atoms with Crippen molar-refractivity contribution in [1.82, 2.24) is 5.32 Å². The third-order valence-corrected chi connectivity index (χ3v) is 7.67. The summed E-state index contributed by atoms with van der Waals surface area (Å²) in [6.07, 6.45) is 0.674. The average molecular weight is 481 g/mol. The van der Waals surface area contributed by atoms with Gasteiger partial charge in [0.1, 0.15) is 12.3 Å². The van der Waals surface area contributed by atoms with Crippen molar-refractivity contribution in [2.45, 2.75) is 45.1 Å². The number of nitrogens with one attached hydrogen (secondary N) is 1. The Morgan fingerprint density at radius 2 is 1.68 bits per heavy atom. The number of hydrogen-bond donors (Lipinski definition) is 1. The van der Waals surface area contributed by atoms with Gasteiger partial charge in [-0.15, -0.1) is 0 Å². The lowest BCUT2D eigenvalue weighted by Crippen LogP contribution is -2.42. The standard InChI is InChI=1S/C27H32N2O4S/c1-6-24(22-14-13-20(3)21(4)17-22)28-27(30)18-29(25-16-19(2)12-15-26(25)33-5)34(31,32)23-10-8-7-9-11-23/h7-17,24H,6,18H2,1-5H3,(H,28,30). The largest absolute Gasteiger partial charge is 0.495 e. The van der Waals surface area contributed by atoms with Gasteiger partial charge in [0.2, 0.25) is 5.91 Å². The molecule has 0 aromatic heterocycles. The van der Waals surface area contributed by atoms with Crippen LogP contribution >= 0.6 is 0 Å². The molecule has 0 bridgehead atoms. The number of nitrogens with zero attached hydrogens (tertiary/aromatic N) is 1. The lowest BCUT2D eigenvalue weighted by Gasteiger charge is -2.27. The summed E-state index contributed by atoms with van der Waals surface area (Å²) in [5.41, 5.74) is 4.48. The summed E-state index contributed by atoms with van der Waals surface area (Å²) in [4.78, 5) is 13.3. The molecule has 0 aliphatic carbocycles. The Bertz CT molecular complexity index is 1260. The van der Waals surface area contributed by atoms with E-state index in [1.807, 2.05) is 45.9 Å². The zero-order chi connectivity index (χ0) is 24.9. The minimum absolute atomic E-state index is 0.104. The molecule has 180 valence electrons. The molecule has 3 aromatic carbocycles. The first-order chi connectivity index (χ1) is 16.2. The van der Waals surface area contributed by atoms with Crippen LogP contribution in [0.3, 0.4) is 0 Å². The van der Waals surface area contributed by atoms with Crippen LogP contribution in [0.15, 0.2) is 71.6 Å². The highest BCUT2D eigenvalue weighted by Crippen LogP contribution is 2.33. The van der Waals surface area contributed by atoms with E-state index in [2.05, 4.69) is 11.4 Å². The van der Waals surface area contributed by atoms with Gasteiger partial charge in [-0.05, 0) is 73.7 Å². The number of aryl methyl sites for hydroxylation is 3. The molecule has 0 saturated heterocycles. The second-order valence-electron chi connectivity index (χ2n) is 8.37. The van der Waals surface area contributed by atoms with Gasteiger partial charge in [-0.25, -0.2) is 8.42 Å². The van der Waals surface area contributed by atoms with Gasteiger partial charge >= 0.3 is 0 Å². The smallest absolute Gasteiger partial charge is 0.264 e. The van der Waals surface area contributed by atoms with Crippen LogP contribution in [0, 0.1) is 20.8 Å². The van der Waals surface area contributed by atoms with Crippen molar-refractivity contribution in [2.24, 2.45) is 0 Å². The van der Waals surface area contributed by atoms with Crippen LogP contribution in [-0.4, -0.2) is 28.0 Å². The van der Waals surface area contributed by atoms with E-state index in [0.29, 0.717) is 17.9 Å². The van der Waals surface area contributed by atoms with E-state index < -0.39 is 15.9 Å². The third-order valence-electron chi connectivity index (χ3n) is 5.90. The molecule has 0 saturated carbocycles. The lowest BCUT2D eigenvalue weighted by molar-refractivity contribution is -0.120. The highest BCUT2D eigenvalue weighted by atomic mass is 32.2. The predicted octanol–water partition coefficient (Wildman–Crippen LogP) is 5.08. The van der Waals surface area contributed by atoms with Crippen LogP contribution in [0.5, 0.6) is 5.75 Å². The van der Waals surface area contributed by atoms with Gasteiger partial charge in [0.25, 0.3) is 10.0 Å². The van der Waals surface area contributed by atoms with Gasteiger partial charge < -0.3 is 10.1 Å². The number of hydrogen-bond acceptors (Lipinski definition) is 4. The fourth-order valence-corrected chi connectivity index (χ4v) is 5.23. The molecule has 1 amide bonds. The van der Waals surface area contributed by atoms with Crippen molar-refractivity contribution in [1.29, 1.82) is 0 Å². The highest BCUT2D eigenvalue weighted by Gasteiger charge is 2.30. The second-order valence-corrected chi connectivity index (χ2v) is 10.2. The minimum Gasteiger partial charge on any atom is -0.495 e. The zero-order valence-electron chi connectivity index (χ0n) is 20.3. The molecular formula is C27H32N2O4S. The molecular weight excluding hydrogens is 448 g/mol. The number of rotatable bonds is 9. The Morgan fingerprint density at radius 1 is 0.971 bits per heavy atom. The maximum absolute atomic E-state index is 13.6. The maximum Gasteiger partial charge on any atom is 0.264 e. The Hall–Kier alpha value is -3.32. The number of amides is 1. The number of ether oxygens (including phenoxy) is 1. The van der Waals surface area contributed by atoms with Crippen molar-refractivity contribution in [3.8, 4) is 5.75 Å². The summed E-state index contributed by atoms with van der Waals surface area (Å²) < 4.78 is 33.9. The van der Waals surface area contributed by atoms with Gasteiger partial charge in [0.15, 0.2) is 0 Å². The maximum atomic E-state index is 13.6. The van der Waals surface area contributed by atoms with Gasteiger partial charge in [-0.3, -0.25) is 9.10 Å². The number of carbonyl (C=O) groups excluding carboxylic acids is 1. The Labute approximate surface area is 202 Å². The Morgan fingerprint density at radius 3 is 2.29 bits per heavy atom. The van der Waals surface area contributed by atoms with E-state index in [4.69, 9.17) is 4.74 Å². The molecule has 0 radical (unpaired) electrons. The first-order valence-electron chi connectivity index (χ1n) is 11.3. The van der Waals surface area contributed by atoms with E-state index in [0.717, 1.165) is 21.0 Å². The van der Waals surface area contributed by atoms with E-state index in [-0.39, 0.29) is 17.5 Å². The van der Waals surface area contributed by atoms with E-state index in [1.54, 1.807) is 30.3 Å². The minimum atomic E-state index is -4.03. The number of benzene rings is 3. The van der Waals surface area contributed by atoms with Crippen molar-refractivity contribution < 1.29 is 17.9 Å². The fourth-order valence-electron chi connectivity index (χ4n) is 3.79. The summed E-state index contributed by atoms with van der Waals surface area (Å²) in [7, 11) is -2.54. The molecule has 6 nitrogen and oxygen atoms in total. The van der Waals surface area contributed by atoms with Crippen LogP contribution in [0.4, 0.5) is 5.69 Å². The van der Waals surface area contributed by atoms with Crippen LogP contribution in [-0.2, 0) is 14.8 Å². The molecule has 3 rings (SSSR count). The molecule has 0 aliphatic rings. The summed E-state index contributed by atoms with van der Waals surface area (Å²) in [5.74, 6) is -0.0211. The summed E-state index contributed by atoms with van der Waals surface area (Å²) >= 11 is 0. The predicted molar refractivity (Wildman–Crippen MR) is 136 cm³/mol. The molecule has 7 heteroatoms. The monoisotopic (exact) mass is 480 g/mol. The van der Waals surface area contributed by atoms with Gasteiger partial charge in [0, 0.05) is 0 Å². The average Bonchev–Trinajstić information content (AvgIpc) is 2.83. The number of anilines is 1. The summed E-state index contributed by atoms with van der Waals surface area (Å²) in [6, 6.07) is 19.2. The van der Waals surface area contributed by atoms with E-state index >= 15 is 0 Å². The molecule has 0 heterocycles. The fraction of sp³-hybridized carbons (Fsp3) is 0.296. The Kier molecular flexibility index (Phi) is 7.99. The lowest BCUT2D eigenvalue weighted by atomic mass is 9.99. The molecule has 0 fully saturated rings. The van der Waals surface area contributed by atoms with Gasteiger partial charge in [-0.2, -0.15) is 0 Å². The molecule has 1 unspecified atom stereocenters. The number of sulfonamides is 1. The van der Waals surface area contributed by atoms with Crippen molar-refractivity contribution in [2.75, 3.05) is 18.0 Å². The molecule has 3 aromatic rings. The SMILES string of the molecule is CCC(NC(=O)CN(c1cc(C)ccc1OC)S(=O)(=O)c1ccccc1)c1ccc(C)c(C)c1. The number of carbonyl (C=O) groups is 1. The van der Waals surface area contributed by atoms with Crippen LogP contribution in [0.1, 0.15) is 41.6 Å². The zero-order valence-corrected chi connectivity index (χ0v) is 21.1. The molecule has 0 aliphatic heterocycles. The van der Waals surface area contributed by atoms with Crippen molar-refractivity contribution >= 4 is 21.6 Å². The first-order valence-corrected chi connectivity index (χ1v) is 12.7. The van der Waals surface area contributed by atoms with Crippen molar-refractivity contribution in [3.63, 3.8) is 0 Å². The molecule has 1 atom stereocenters. The van der Waals surface area contributed by atoms with Gasteiger partial charge in [-0.1, -0.05) is 49.4 Å². The Balaban J connectivity index is 1.98. The molecule has 1 N–H and O–H groups in total. The molecule has 0 spiro atoms. The van der Waals surface area contributed by atoms with Crippen LogP contribution in [0.25, 0.3) is 0 Å². The molecule has 34 heavy (non-hydrogen) atoms. The van der Waals surface area contributed by atoms with Crippen molar-refractivity contribution in [3.05, 3.63) is 89.0 Å². The summed E-state index contributed by atoms with van der Waals surface area (Å²) in [6.45, 7) is 7.55. The first kappa shape index (κ1) is 25.3. The number of methoxy groups -OCH3 is 1. The quantitative estimate of drug-likeness (QED) is 0.463. The third kappa shape index (κ3) is 5.59. The van der Waals surface area contributed by atoms with Crippen LogP contribution < -0.4 is 14.4 Å². The van der Waals surface area contributed by atoms with E-state index in [1.165, 1.54) is 24.8 Å². The second kappa shape index (κ2) is 10.7. The van der Waals surface area contributed by atoms with E-state index in [9.17, 15) is 13.2 Å². The van der Waals surface area contributed by atoms with Gasteiger partial charge in [0.05, 0.1) is 23.7 Å². The van der Waals surface area contributed by atoms with Crippen LogP contribution in [0.2, 0.25) is 0 Å². The summed E-state index contributed by atoms with van der Waals surface area (Å²) in [5, 5.41) is 3.02. The normalized spacial score (nSPS) is 12.1.